The van der Waals surface area contributed by atoms with Crippen LogP contribution in [0.15, 0.2) is 29.1 Å². The molecule has 2 aromatic rings. The van der Waals surface area contributed by atoms with Crippen LogP contribution in [0.3, 0.4) is 0 Å². The summed E-state index contributed by atoms with van der Waals surface area (Å²) in [5.41, 5.74) is 2.12. The highest BCUT2D eigenvalue weighted by Crippen LogP contribution is 2.19. The van der Waals surface area contributed by atoms with E-state index in [2.05, 4.69) is 21.4 Å². The molecule has 0 N–H and O–H groups in total. The van der Waals surface area contributed by atoms with Crippen molar-refractivity contribution in [2.45, 2.75) is 6.67 Å². The first-order chi connectivity index (χ1) is 10.0. The van der Waals surface area contributed by atoms with Gasteiger partial charge in [-0.3, -0.25) is 9.58 Å². The third-order valence-corrected chi connectivity index (χ3v) is 5.59. The van der Waals surface area contributed by atoms with Crippen molar-refractivity contribution in [3.8, 4) is 11.3 Å². The van der Waals surface area contributed by atoms with Gasteiger partial charge >= 0.3 is 0 Å². The van der Waals surface area contributed by atoms with Crippen LogP contribution in [-0.4, -0.2) is 59.8 Å². The van der Waals surface area contributed by atoms with Gasteiger partial charge in [-0.25, -0.2) is 8.42 Å². The highest BCUT2D eigenvalue weighted by molar-refractivity contribution is 7.88. The summed E-state index contributed by atoms with van der Waals surface area (Å²) in [6, 6.07) is 4.07. The van der Waals surface area contributed by atoms with Gasteiger partial charge in [0.2, 0.25) is 10.0 Å². The van der Waals surface area contributed by atoms with Crippen molar-refractivity contribution in [3.63, 3.8) is 0 Å². The highest BCUT2D eigenvalue weighted by atomic mass is 32.2. The Morgan fingerprint density at radius 3 is 2.62 bits per heavy atom. The molecule has 1 saturated heterocycles. The largest absolute Gasteiger partial charge is 0.282 e. The predicted molar refractivity (Wildman–Crippen MR) is 83.5 cm³/mol. The molecule has 6 nitrogen and oxygen atoms in total. The van der Waals surface area contributed by atoms with Gasteiger partial charge in [-0.15, -0.1) is 0 Å². The molecule has 0 amide bonds. The maximum absolute atomic E-state index is 11.5. The van der Waals surface area contributed by atoms with Gasteiger partial charge in [0.25, 0.3) is 0 Å². The maximum Gasteiger partial charge on any atom is 0.211 e. The van der Waals surface area contributed by atoms with Crippen LogP contribution < -0.4 is 0 Å². The first kappa shape index (κ1) is 14.7. The van der Waals surface area contributed by atoms with E-state index in [-0.39, 0.29) is 0 Å². The average Bonchev–Trinajstić information content (AvgIpc) is 3.08. The molecule has 3 heterocycles. The lowest BCUT2D eigenvalue weighted by Gasteiger charge is -2.32. The summed E-state index contributed by atoms with van der Waals surface area (Å²) in [6.07, 6.45) is 3.24. The van der Waals surface area contributed by atoms with Crippen molar-refractivity contribution >= 4 is 21.4 Å². The smallest absolute Gasteiger partial charge is 0.211 e. The lowest BCUT2D eigenvalue weighted by atomic mass is 10.2. The number of sulfonamides is 1. The van der Waals surface area contributed by atoms with Crippen LogP contribution in [0, 0.1) is 0 Å². The van der Waals surface area contributed by atoms with Crippen molar-refractivity contribution < 1.29 is 8.42 Å². The fourth-order valence-electron chi connectivity index (χ4n) is 2.41. The topological polar surface area (TPSA) is 58.4 Å². The van der Waals surface area contributed by atoms with Gasteiger partial charge in [0.05, 0.1) is 18.6 Å². The predicted octanol–water partition coefficient (Wildman–Crippen LogP) is 1.15. The summed E-state index contributed by atoms with van der Waals surface area (Å²) in [5.74, 6) is 0. The van der Waals surface area contributed by atoms with Crippen LogP contribution in [0.5, 0.6) is 0 Å². The van der Waals surface area contributed by atoms with Gasteiger partial charge < -0.3 is 0 Å². The molecule has 0 bridgehead atoms. The SMILES string of the molecule is CS(=O)(=O)N1CCN(Cn2ccc(-c3ccsc3)n2)CC1. The zero-order valence-electron chi connectivity index (χ0n) is 11.8. The Morgan fingerprint density at radius 2 is 2.00 bits per heavy atom. The Hall–Kier alpha value is -1.22. The number of aromatic nitrogens is 2. The Bertz CT molecular complexity index is 686. The van der Waals surface area contributed by atoms with Gasteiger partial charge in [-0.1, -0.05) is 0 Å². The van der Waals surface area contributed by atoms with Crippen LogP contribution >= 0.6 is 11.3 Å². The molecule has 0 radical (unpaired) electrons. The summed E-state index contributed by atoms with van der Waals surface area (Å²) in [5, 5.41) is 8.69. The standard InChI is InChI=1S/C13H18N4O2S2/c1-21(18,19)17-7-5-15(6-8-17)11-16-4-2-13(14-16)12-3-9-20-10-12/h2-4,9-10H,5-8,11H2,1H3. The fourth-order valence-corrected chi connectivity index (χ4v) is 3.89. The molecule has 3 rings (SSSR count). The summed E-state index contributed by atoms with van der Waals surface area (Å²) < 4.78 is 26.4. The van der Waals surface area contributed by atoms with Crippen LogP contribution in [0.25, 0.3) is 11.3 Å². The molecular formula is C13H18N4O2S2. The molecule has 0 unspecified atom stereocenters. The third kappa shape index (κ3) is 3.52. The van der Waals surface area contributed by atoms with Crippen LogP contribution in [0.1, 0.15) is 0 Å². The molecule has 1 fully saturated rings. The first-order valence-corrected chi connectivity index (χ1v) is 9.55. The average molecular weight is 326 g/mol. The van der Waals surface area contributed by atoms with Crippen molar-refractivity contribution in [3.05, 3.63) is 29.1 Å². The number of nitrogens with zero attached hydrogens (tertiary/aromatic N) is 4. The summed E-state index contributed by atoms with van der Waals surface area (Å²) >= 11 is 1.66. The zero-order chi connectivity index (χ0) is 14.9. The molecule has 0 atom stereocenters. The van der Waals surface area contributed by atoms with Gasteiger partial charge in [0.1, 0.15) is 0 Å². The maximum atomic E-state index is 11.5. The van der Waals surface area contributed by atoms with E-state index in [1.807, 2.05) is 22.3 Å². The number of thiophene rings is 1. The molecule has 1 aliphatic rings. The van der Waals surface area contributed by atoms with Gasteiger partial charge in [0.15, 0.2) is 0 Å². The number of hydrogen-bond acceptors (Lipinski definition) is 5. The van der Waals surface area contributed by atoms with Crippen molar-refractivity contribution in [2.24, 2.45) is 0 Å². The normalized spacial score (nSPS) is 18.1. The zero-order valence-corrected chi connectivity index (χ0v) is 13.5. The highest BCUT2D eigenvalue weighted by Gasteiger charge is 2.23. The molecule has 0 aromatic carbocycles. The van der Waals surface area contributed by atoms with Gasteiger partial charge in [-0.2, -0.15) is 20.7 Å². The second kappa shape index (κ2) is 5.88. The number of piperazine rings is 1. The minimum absolute atomic E-state index is 0.553. The van der Waals surface area contributed by atoms with E-state index in [0.717, 1.165) is 24.3 Å². The van der Waals surface area contributed by atoms with Crippen molar-refractivity contribution in [2.75, 3.05) is 32.4 Å². The Kier molecular flexibility index (Phi) is 4.12. The van der Waals surface area contributed by atoms with E-state index in [0.29, 0.717) is 19.8 Å². The summed E-state index contributed by atoms with van der Waals surface area (Å²) in [7, 11) is -3.06. The van der Waals surface area contributed by atoms with Gasteiger partial charge in [0, 0.05) is 43.3 Å². The minimum atomic E-state index is -3.06. The number of hydrogen-bond donors (Lipinski definition) is 0. The second-order valence-electron chi connectivity index (χ2n) is 5.17. The molecule has 2 aromatic heterocycles. The second-order valence-corrected chi connectivity index (χ2v) is 7.94. The Morgan fingerprint density at radius 1 is 1.24 bits per heavy atom. The molecule has 8 heteroatoms. The minimum Gasteiger partial charge on any atom is -0.282 e. The Balaban J connectivity index is 1.59. The van der Waals surface area contributed by atoms with E-state index in [1.54, 1.807) is 11.3 Å². The van der Waals surface area contributed by atoms with E-state index in [9.17, 15) is 8.42 Å². The van der Waals surface area contributed by atoms with Crippen LogP contribution in [0.4, 0.5) is 0 Å². The van der Waals surface area contributed by atoms with Crippen molar-refractivity contribution in [1.29, 1.82) is 0 Å². The van der Waals surface area contributed by atoms with E-state index in [4.69, 9.17) is 0 Å². The molecule has 0 aliphatic carbocycles. The summed E-state index contributed by atoms with van der Waals surface area (Å²) in [6.45, 7) is 3.28. The first-order valence-electron chi connectivity index (χ1n) is 6.76. The molecule has 0 spiro atoms. The number of rotatable bonds is 4. The summed E-state index contributed by atoms with van der Waals surface area (Å²) in [4.78, 5) is 2.21. The van der Waals surface area contributed by atoms with E-state index >= 15 is 0 Å². The molecule has 21 heavy (non-hydrogen) atoms. The van der Waals surface area contributed by atoms with Gasteiger partial charge in [-0.05, 0) is 17.5 Å². The molecule has 1 aliphatic heterocycles. The van der Waals surface area contributed by atoms with E-state index < -0.39 is 10.0 Å². The van der Waals surface area contributed by atoms with Crippen LogP contribution in [0.2, 0.25) is 0 Å². The third-order valence-electron chi connectivity index (χ3n) is 3.60. The lowest BCUT2D eigenvalue weighted by molar-refractivity contribution is 0.146. The van der Waals surface area contributed by atoms with Crippen molar-refractivity contribution in [1.82, 2.24) is 19.0 Å². The lowest BCUT2D eigenvalue weighted by Crippen LogP contribution is -2.48. The quantitative estimate of drug-likeness (QED) is 0.846. The van der Waals surface area contributed by atoms with E-state index in [1.165, 1.54) is 10.6 Å². The molecular weight excluding hydrogens is 308 g/mol. The van der Waals surface area contributed by atoms with Crippen LogP contribution in [-0.2, 0) is 16.7 Å². The monoisotopic (exact) mass is 326 g/mol. The molecule has 0 saturated carbocycles. The molecule has 114 valence electrons. The fraction of sp³-hybridized carbons (Fsp3) is 0.462. The Labute approximate surface area is 128 Å².